The highest BCUT2D eigenvalue weighted by atomic mass is 16.6. The fourth-order valence-electron chi connectivity index (χ4n) is 2.85. The van der Waals surface area contributed by atoms with Crippen molar-refractivity contribution in [2.75, 3.05) is 0 Å². The van der Waals surface area contributed by atoms with E-state index in [1.807, 2.05) is 20.8 Å². The van der Waals surface area contributed by atoms with Crippen molar-refractivity contribution in [3.05, 3.63) is 0 Å². The molecule has 1 rings (SSSR count). The van der Waals surface area contributed by atoms with E-state index >= 15 is 0 Å². The van der Waals surface area contributed by atoms with E-state index in [-0.39, 0.29) is 5.60 Å². The first-order chi connectivity index (χ1) is 6.99. The summed E-state index contributed by atoms with van der Waals surface area (Å²) >= 11 is 0. The average molecular weight is 225 g/mol. The van der Waals surface area contributed by atoms with E-state index < -0.39 is 0 Å². The van der Waals surface area contributed by atoms with Crippen LogP contribution in [0.5, 0.6) is 0 Å². The summed E-state index contributed by atoms with van der Waals surface area (Å²) < 4.78 is 0. The van der Waals surface area contributed by atoms with Gasteiger partial charge in [0.1, 0.15) is 5.60 Å². The van der Waals surface area contributed by atoms with Crippen molar-refractivity contribution in [1.29, 1.82) is 0 Å². The number of hydrogen-bond acceptors (Lipinski definition) is 2. The number of hydrogen-bond donors (Lipinski definition) is 0. The van der Waals surface area contributed by atoms with Gasteiger partial charge in [0.05, 0.1) is 5.71 Å². The van der Waals surface area contributed by atoms with Crippen LogP contribution in [0.4, 0.5) is 0 Å². The zero-order valence-corrected chi connectivity index (χ0v) is 12.0. The maximum absolute atomic E-state index is 5.54. The van der Waals surface area contributed by atoms with Crippen LogP contribution in [0, 0.1) is 10.8 Å². The Bertz CT molecular complexity index is 264. The first kappa shape index (κ1) is 13.5. The van der Waals surface area contributed by atoms with E-state index in [2.05, 4.69) is 32.9 Å². The molecule has 0 unspecified atom stereocenters. The summed E-state index contributed by atoms with van der Waals surface area (Å²) in [6, 6.07) is 0. The average Bonchev–Trinajstić information content (AvgIpc) is 1.93. The molecule has 0 amide bonds. The lowest BCUT2D eigenvalue weighted by molar-refractivity contribution is -0.00188. The Morgan fingerprint density at radius 1 is 1.00 bits per heavy atom. The van der Waals surface area contributed by atoms with Crippen LogP contribution in [0.2, 0.25) is 0 Å². The molecule has 2 nitrogen and oxygen atoms in total. The van der Waals surface area contributed by atoms with Gasteiger partial charge in [0.15, 0.2) is 0 Å². The molecule has 0 spiro atoms. The molecule has 1 aliphatic rings. The quantitative estimate of drug-likeness (QED) is 0.606. The molecule has 0 bridgehead atoms. The minimum absolute atomic E-state index is 0.182. The second kappa shape index (κ2) is 4.05. The van der Waals surface area contributed by atoms with Crippen molar-refractivity contribution in [2.24, 2.45) is 16.0 Å². The number of nitrogens with zero attached hydrogens (tertiary/aromatic N) is 1. The van der Waals surface area contributed by atoms with Crippen LogP contribution < -0.4 is 0 Å². The number of oxime groups is 1. The zero-order chi connectivity index (χ0) is 12.6. The van der Waals surface area contributed by atoms with Gasteiger partial charge in [0.2, 0.25) is 0 Å². The van der Waals surface area contributed by atoms with Gasteiger partial charge in [-0.1, -0.05) is 32.9 Å². The highest BCUT2D eigenvalue weighted by Gasteiger charge is 2.36. The third-order valence-corrected chi connectivity index (χ3v) is 2.77. The summed E-state index contributed by atoms with van der Waals surface area (Å²) in [7, 11) is 0. The Balaban J connectivity index is 2.75. The van der Waals surface area contributed by atoms with E-state index in [4.69, 9.17) is 4.84 Å². The summed E-state index contributed by atoms with van der Waals surface area (Å²) in [5.41, 5.74) is 1.73. The first-order valence-corrected chi connectivity index (χ1v) is 6.23. The van der Waals surface area contributed by atoms with Crippen molar-refractivity contribution in [3.8, 4) is 0 Å². The van der Waals surface area contributed by atoms with E-state index in [1.165, 1.54) is 12.1 Å². The molecule has 0 heterocycles. The fraction of sp³-hybridized carbons (Fsp3) is 0.929. The molecule has 1 saturated carbocycles. The molecule has 1 aliphatic carbocycles. The summed E-state index contributed by atoms with van der Waals surface area (Å²) in [6.07, 6.45) is 3.38. The molecule has 0 N–H and O–H groups in total. The van der Waals surface area contributed by atoms with Crippen molar-refractivity contribution in [2.45, 2.75) is 73.3 Å². The van der Waals surface area contributed by atoms with Crippen molar-refractivity contribution >= 4 is 5.71 Å². The molecule has 0 aromatic heterocycles. The Morgan fingerprint density at radius 2 is 1.44 bits per heavy atom. The predicted octanol–water partition coefficient (Wildman–Crippen LogP) is 4.39. The van der Waals surface area contributed by atoms with Gasteiger partial charge in [-0.05, 0) is 50.9 Å². The van der Waals surface area contributed by atoms with E-state index in [0.717, 1.165) is 12.8 Å². The summed E-state index contributed by atoms with van der Waals surface area (Å²) in [5, 5.41) is 4.36. The fourth-order valence-corrected chi connectivity index (χ4v) is 2.85. The van der Waals surface area contributed by atoms with E-state index in [9.17, 15) is 0 Å². The van der Waals surface area contributed by atoms with Gasteiger partial charge in [-0.2, -0.15) is 0 Å². The lowest BCUT2D eigenvalue weighted by atomic mass is 9.65. The van der Waals surface area contributed by atoms with Crippen LogP contribution in [0.1, 0.15) is 67.7 Å². The molecule has 2 heteroatoms. The molecule has 94 valence electrons. The molecule has 0 aromatic carbocycles. The monoisotopic (exact) mass is 225 g/mol. The van der Waals surface area contributed by atoms with E-state index in [0.29, 0.717) is 10.8 Å². The summed E-state index contributed by atoms with van der Waals surface area (Å²) in [5.74, 6) is 0. The second-order valence-corrected chi connectivity index (χ2v) is 7.72. The van der Waals surface area contributed by atoms with E-state index in [1.54, 1.807) is 0 Å². The van der Waals surface area contributed by atoms with Crippen LogP contribution in [0.15, 0.2) is 5.16 Å². The summed E-state index contributed by atoms with van der Waals surface area (Å²) in [6.45, 7) is 15.4. The topological polar surface area (TPSA) is 21.6 Å². The Kier molecular flexibility index (Phi) is 3.42. The van der Waals surface area contributed by atoms with Crippen LogP contribution in [0.3, 0.4) is 0 Å². The maximum atomic E-state index is 5.54. The second-order valence-electron chi connectivity index (χ2n) is 7.72. The third kappa shape index (κ3) is 4.54. The highest BCUT2D eigenvalue weighted by molar-refractivity contribution is 5.86. The molecule has 0 atom stereocenters. The molecule has 0 radical (unpaired) electrons. The lowest BCUT2D eigenvalue weighted by Gasteiger charge is -2.41. The largest absolute Gasteiger partial charge is 0.390 e. The van der Waals surface area contributed by atoms with Crippen LogP contribution in [0.25, 0.3) is 0 Å². The maximum Gasteiger partial charge on any atom is 0.129 e. The molecule has 16 heavy (non-hydrogen) atoms. The first-order valence-electron chi connectivity index (χ1n) is 6.23. The zero-order valence-electron chi connectivity index (χ0n) is 12.0. The smallest absolute Gasteiger partial charge is 0.129 e. The van der Waals surface area contributed by atoms with Gasteiger partial charge in [0.25, 0.3) is 0 Å². The van der Waals surface area contributed by atoms with Crippen molar-refractivity contribution in [3.63, 3.8) is 0 Å². The molecule has 0 aliphatic heterocycles. The van der Waals surface area contributed by atoms with Crippen molar-refractivity contribution < 1.29 is 4.84 Å². The Morgan fingerprint density at radius 3 is 1.81 bits per heavy atom. The highest BCUT2D eigenvalue weighted by Crippen LogP contribution is 2.44. The van der Waals surface area contributed by atoms with Gasteiger partial charge >= 0.3 is 0 Å². The van der Waals surface area contributed by atoms with Crippen LogP contribution >= 0.6 is 0 Å². The molecular formula is C14H27NO. The lowest BCUT2D eigenvalue weighted by Crippen LogP contribution is -2.34. The Labute approximate surface area is 100 Å². The van der Waals surface area contributed by atoms with Crippen molar-refractivity contribution in [1.82, 2.24) is 0 Å². The van der Waals surface area contributed by atoms with Gasteiger partial charge in [0, 0.05) is 0 Å². The van der Waals surface area contributed by atoms with Gasteiger partial charge in [-0.3, -0.25) is 0 Å². The number of rotatable bonds is 1. The van der Waals surface area contributed by atoms with Gasteiger partial charge in [-0.25, -0.2) is 0 Å². The predicted molar refractivity (Wildman–Crippen MR) is 69.7 cm³/mol. The van der Waals surface area contributed by atoms with Crippen LogP contribution in [-0.2, 0) is 4.84 Å². The molecule has 1 fully saturated rings. The SMILES string of the molecule is CC1(C)CC(=NOC(C)(C)C)CC(C)(C)C1. The third-order valence-electron chi connectivity index (χ3n) is 2.77. The molecular weight excluding hydrogens is 198 g/mol. The molecule has 0 aromatic rings. The molecule has 0 saturated heterocycles. The summed E-state index contributed by atoms with van der Waals surface area (Å²) in [4.78, 5) is 5.54. The van der Waals surface area contributed by atoms with Crippen LogP contribution in [-0.4, -0.2) is 11.3 Å². The van der Waals surface area contributed by atoms with Gasteiger partial charge < -0.3 is 4.84 Å². The minimum atomic E-state index is -0.182. The Hall–Kier alpha value is -0.530. The standard InChI is InChI=1S/C14H27NO/c1-12(2,3)16-15-11-8-13(4,5)10-14(6,7)9-11/h8-10H2,1-7H3. The normalized spacial score (nSPS) is 24.1. The van der Waals surface area contributed by atoms with Gasteiger partial charge in [-0.15, -0.1) is 0 Å². The minimum Gasteiger partial charge on any atom is -0.390 e.